The average Bonchev–Trinajstić information content (AvgIpc) is 3.10. The number of carbonyl (C=O) groups is 2. The lowest BCUT2D eigenvalue weighted by atomic mass is 10.1. The van der Waals surface area contributed by atoms with Gasteiger partial charge in [0.1, 0.15) is 23.1 Å². The van der Waals surface area contributed by atoms with Gasteiger partial charge in [-0.3, -0.25) is 14.2 Å². The number of fused-ring (bicyclic) bond motifs is 1. The monoisotopic (exact) mass is 455 g/mol. The van der Waals surface area contributed by atoms with Crippen LogP contribution in [0.4, 0.5) is 32.2 Å². The van der Waals surface area contributed by atoms with Crippen LogP contribution in [0.1, 0.15) is 32.0 Å². The maximum atomic E-state index is 13.2. The molecule has 0 saturated carbocycles. The molecule has 1 aromatic carbocycles. The lowest BCUT2D eigenvalue weighted by Gasteiger charge is -2.16. The Balaban J connectivity index is 2.02. The Kier molecular flexibility index (Phi) is 5.56. The van der Waals surface area contributed by atoms with Crippen LogP contribution in [0.2, 0.25) is 0 Å². The molecule has 0 aliphatic heterocycles. The zero-order valence-corrected chi connectivity index (χ0v) is 15.7. The van der Waals surface area contributed by atoms with Crippen molar-refractivity contribution in [1.82, 2.24) is 9.55 Å². The van der Waals surface area contributed by atoms with E-state index in [0.717, 1.165) is 10.8 Å². The third-order valence-electron chi connectivity index (χ3n) is 4.38. The number of hydrogen-bond donors (Lipinski definition) is 2. The molecule has 7 nitrogen and oxygen atoms in total. The molecule has 0 aliphatic carbocycles. The van der Waals surface area contributed by atoms with E-state index in [1.165, 1.54) is 18.2 Å². The van der Waals surface area contributed by atoms with E-state index in [0.29, 0.717) is 5.39 Å². The molecule has 3 rings (SSSR count). The van der Waals surface area contributed by atoms with E-state index in [-0.39, 0.29) is 17.1 Å². The number of carbonyl (C=O) groups excluding carboxylic acids is 2. The molecule has 0 atom stereocenters. The van der Waals surface area contributed by atoms with Gasteiger partial charge in [-0.25, -0.2) is 4.98 Å². The topological polar surface area (TPSA) is 114 Å². The maximum Gasteiger partial charge on any atom is 0.433 e. The van der Waals surface area contributed by atoms with Crippen LogP contribution in [0, 0.1) is 11.3 Å². The van der Waals surface area contributed by atoms with Crippen LogP contribution in [0.25, 0.3) is 10.9 Å². The number of alkyl halides is 6. The Bertz CT molecular complexity index is 1270. The number of pyridine rings is 1. The molecule has 0 fully saturated rings. The number of hydrogen-bond acceptors (Lipinski definition) is 5. The van der Waals surface area contributed by atoms with Crippen LogP contribution in [0.5, 0.6) is 0 Å². The number of nitrogens with two attached hydrogens (primary N) is 1. The zero-order chi connectivity index (χ0) is 23.8. The summed E-state index contributed by atoms with van der Waals surface area (Å²) in [5, 5.41) is 11.5. The van der Waals surface area contributed by atoms with E-state index in [9.17, 15) is 35.9 Å². The van der Waals surface area contributed by atoms with Gasteiger partial charge in [0, 0.05) is 11.6 Å². The minimum Gasteiger partial charge on any atom is -0.366 e. The predicted octanol–water partition coefficient (Wildman–Crippen LogP) is 3.80. The Morgan fingerprint density at radius 2 is 1.78 bits per heavy atom. The van der Waals surface area contributed by atoms with E-state index in [4.69, 9.17) is 11.0 Å². The van der Waals surface area contributed by atoms with Gasteiger partial charge in [0.15, 0.2) is 0 Å². The van der Waals surface area contributed by atoms with Gasteiger partial charge in [0.2, 0.25) is 5.91 Å². The smallest absolute Gasteiger partial charge is 0.366 e. The molecule has 0 bridgehead atoms. The van der Waals surface area contributed by atoms with Gasteiger partial charge >= 0.3 is 12.4 Å². The SMILES string of the molecule is N#Cc1c(C(F)(F)F)cc(C(F)(F)F)nc1NCC(=O)n1cc(C(N)=O)c2ccccc21. The summed E-state index contributed by atoms with van der Waals surface area (Å²) in [6.45, 7) is -0.836. The maximum absolute atomic E-state index is 13.2. The van der Waals surface area contributed by atoms with Crippen molar-refractivity contribution in [2.75, 3.05) is 11.9 Å². The molecular formula is C19H11F6N5O2. The lowest BCUT2D eigenvalue weighted by molar-refractivity contribution is -0.145. The van der Waals surface area contributed by atoms with Crippen LogP contribution in [-0.4, -0.2) is 27.9 Å². The highest BCUT2D eigenvalue weighted by atomic mass is 19.4. The van der Waals surface area contributed by atoms with Gasteiger partial charge in [-0.1, -0.05) is 18.2 Å². The number of aromatic nitrogens is 2. The fraction of sp³-hybridized carbons (Fsp3) is 0.158. The van der Waals surface area contributed by atoms with Crippen LogP contribution in [-0.2, 0) is 12.4 Å². The quantitative estimate of drug-likeness (QED) is 0.581. The van der Waals surface area contributed by atoms with Gasteiger partial charge in [-0.2, -0.15) is 31.6 Å². The number of benzene rings is 1. The first-order chi connectivity index (χ1) is 14.8. The average molecular weight is 455 g/mol. The summed E-state index contributed by atoms with van der Waals surface area (Å²) in [7, 11) is 0. The Morgan fingerprint density at radius 1 is 1.12 bits per heavy atom. The third kappa shape index (κ3) is 4.20. The molecule has 0 saturated heterocycles. The highest BCUT2D eigenvalue weighted by Gasteiger charge is 2.41. The van der Waals surface area contributed by atoms with E-state index in [1.54, 1.807) is 12.1 Å². The molecule has 0 radical (unpaired) electrons. The molecule has 0 unspecified atom stereocenters. The molecule has 32 heavy (non-hydrogen) atoms. The second kappa shape index (κ2) is 7.88. The second-order valence-corrected chi connectivity index (χ2v) is 6.43. The fourth-order valence-corrected chi connectivity index (χ4v) is 2.98. The van der Waals surface area contributed by atoms with E-state index < -0.39 is 53.4 Å². The minimum atomic E-state index is -5.28. The van der Waals surface area contributed by atoms with Crippen molar-refractivity contribution in [3.8, 4) is 6.07 Å². The van der Waals surface area contributed by atoms with Crippen molar-refractivity contribution in [2.45, 2.75) is 12.4 Å². The molecule has 2 heterocycles. The summed E-state index contributed by atoms with van der Waals surface area (Å²) in [4.78, 5) is 27.3. The predicted molar refractivity (Wildman–Crippen MR) is 98.5 cm³/mol. The summed E-state index contributed by atoms with van der Waals surface area (Å²) >= 11 is 0. The number of para-hydroxylation sites is 1. The van der Waals surface area contributed by atoms with Crippen molar-refractivity contribution in [1.29, 1.82) is 5.26 Å². The number of anilines is 1. The molecular weight excluding hydrogens is 444 g/mol. The largest absolute Gasteiger partial charge is 0.433 e. The van der Waals surface area contributed by atoms with Crippen LogP contribution >= 0.6 is 0 Å². The van der Waals surface area contributed by atoms with Crippen LogP contribution in [0.3, 0.4) is 0 Å². The van der Waals surface area contributed by atoms with E-state index >= 15 is 0 Å². The minimum absolute atomic E-state index is 0.0109. The summed E-state index contributed by atoms with van der Waals surface area (Å²) < 4.78 is 79.7. The Labute approximate surface area is 175 Å². The number of primary amides is 1. The standard InChI is InChI=1S/C19H11F6N5O2/c20-18(21,22)12-5-14(19(23,24)25)29-17(10(12)6-26)28-7-15(31)30-8-11(16(27)32)9-3-1-2-4-13(9)30/h1-5,8H,7H2,(H2,27,32)(H,28,29). The summed E-state index contributed by atoms with van der Waals surface area (Å²) in [5.41, 5.74) is 0.564. The molecule has 1 amide bonds. The van der Waals surface area contributed by atoms with Crippen molar-refractivity contribution < 1.29 is 35.9 Å². The van der Waals surface area contributed by atoms with E-state index in [1.807, 2.05) is 0 Å². The zero-order valence-electron chi connectivity index (χ0n) is 15.7. The van der Waals surface area contributed by atoms with Crippen LogP contribution < -0.4 is 11.1 Å². The Hall–Kier alpha value is -4.08. The first-order valence-corrected chi connectivity index (χ1v) is 8.61. The van der Waals surface area contributed by atoms with Crippen molar-refractivity contribution in [3.63, 3.8) is 0 Å². The van der Waals surface area contributed by atoms with Gasteiger partial charge in [0.05, 0.1) is 23.2 Å². The summed E-state index contributed by atoms with van der Waals surface area (Å²) in [5.74, 6) is -2.76. The van der Waals surface area contributed by atoms with Crippen molar-refractivity contribution in [3.05, 3.63) is 58.9 Å². The van der Waals surface area contributed by atoms with Gasteiger partial charge in [-0.05, 0) is 12.1 Å². The van der Waals surface area contributed by atoms with Gasteiger partial charge in [0.25, 0.3) is 5.91 Å². The molecule has 0 aliphatic rings. The lowest BCUT2D eigenvalue weighted by Crippen LogP contribution is -2.23. The number of nitrogens with zero attached hydrogens (tertiary/aromatic N) is 3. The first kappa shape index (κ1) is 22.6. The fourth-order valence-electron chi connectivity index (χ4n) is 2.98. The molecule has 13 heteroatoms. The first-order valence-electron chi connectivity index (χ1n) is 8.61. The molecule has 0 spiro atoms. The highest BCUT2D eigenvalue weighted by Crippen LogP contribution is 2.38. The number of nitrogens with one attached hydrogen (secondary N) is 1. The third-order valence-corrected chi connectivity index (χ3v) is 4.38. The van der Waals surface area contributed by atoms with Crippen LogP contribution in [0.15, 0.2) is 36.5 Å². The van der Waals surface area contributed by atoms with Crippen molar-refractivity contribution in [2.24, 2.45) is 5.73 Å². The normalized spacial score (nSPS) is 11.9. The second-order valence-electron chi connectivity index (χ2n) is 6.43. The number of halogens is 6. The Morgan fingerprint density at radius 3 is 2.34 bits per heavy atom. The van der Waals surface area contributed by atoms with E-state index in [2.05, 4.69) is 10.3 Å². The molecule has 2 aromatic heterocycles. The summed E-state index contributed by atoms with van der Waals surface area (Å²) in [6, 6.07) is 6.98. The number of rotatable bonds is 4. The highest BCUT2D eigenvalue weighted by molar-refractivity contribution is 6.09. The molecule has 3 N–H and O–H groups in total. The molecule has 3 aromatic rings. The summed E-state index contributed by atoms with van der Waals surface area (Å²) in [6.07, 6.45) is -9.41. The van der Waals surface area contributed by atoms with Crippen molar-refractivity contribution >= 4 is 28.5 Å². The number of nitriles is 1. The van der Waals surface area contributed by atoms with Gasteiger partial charge < -0.3 is 11.1 Å². The molecule has 166 valence electrons. The van der Waals surface area contributed by atoms with Gasteiger partial charge in [-0.15, -0.1) is 0 Å². The number of amides is 1.